The van der Waals surface area contributed by atoms with Gasteiger partial charge in [0, 0.05) is 42.4 Å². The minimum atomic E-state index is -1.25. The van der Waals surface area contributed by atoms with Crippen LogP contribution in [0.4, 0.5) is 10.1 Å². The maximum atomic E-state index is 15.8. The van der Waals surface area contributed by atoms with Gasteiger partial charge in [-0.25, -0.2) is 4.39 Å². The first-order valence-corrected chi connectivity index (χ1v) is 14.4. The topological polar surface area (TPSA) is 79.5 Å². The molecule has 0 radical (unpaired) electrons. The van der Waals surface area contributed by atoms with Crippen molar-refractivity contribution in [3.05, 3.63) is 63.4 Å². The van der Waals surface area contributed by atoms with E-state index in [1.165, 1.54) is 6.07 Å². The number of ether oxygens (including phenoxy) is 1. The van der Waals surface area contributed by atoms with Gasteiger partial charge in [-0.15, -0.1) is 0 Å². The largest absolute Gasteiger partial charge is 0.381 e. The smallest absolute Gasteiger partial charge is 0.237 e. The molecule has 2 saturated heterocycles. The predicted molar refractivity (Wildman–Crippen MR) is 152 cm³/mol. The van der Waals surface area contributed by atoms with Gasteiger partial charge in [0.1, 0.15) is 11.2 Å². The first kappa shape index (κ1) is 28.3. The number of benzene rings is 2. The van der Waals surface area contributed by atoms with E-state index in [4.69, 9.17) is 27.9 Å². The van der Waals surface area contributed by atoms with Gasteiger partial charge in [-0.3, -0.25) is 9.59 Å². The lowest BCUT2D eigenvalue weighted by Gasteiger charge is -2.37. The summed E-state index contributed by atoms with van der Waals surface area (Å²) in [6.45, 7) is 8.27. The fraction of sp³-hybridized carbons (Fsp3) is 0.533. The number of fused-ring (bicyclic) bond motifs is 2. The monoisotopic (exact) mass is 575 g/mol. The summed E-state index contributed by atoms with van der Waals surface area (Å²) in [4.78, 5) is 28.0. The Hall–Kier alpha value is -2.19. The highest BCUT2D eigenvalue weighted by Crippen LogP contribution is 2.57. The van der Waals surface area contributed by atoms with Gasteiger partial charge in [0.25, 0.3) is 0 Å². The van der Waals surface area contributed by atoms with E-state index in [0.29, 0.717) is 35.2 Å². The summed E-state index contributed by atoms with van der Waals surface area (Å²) in [5, 5.41) is 10.0. The molecule has 0 aromatic heterocycles. The van der Waals surface area contributed by atoms with E-state index in [1.807, 2.05) is 6.07 Å². The van der Waals surface area contributed by atoms with Crippen LogP contribution in [0.3, 0.4) is 0 Å². The molecule has 0 saturated carbocycles. The normalized spacial score (nSPS) is 27.0. The summed E-state index contributed by atoms with van der Waals surface area (Å²) in [7, 11) is 0. The van der Waals surface area contributed by atoms with Gasteiger partial charge in [0.15, 0.2) is 0 Å². The average molecular weight is 577 g/mol. The molecule has 2 fully saturated rings. The molecule has 9 heteroatoms. The summed E-state index contributed by atoms with van der Waals surface area (Å²) in [6, 6.07) is 8.76. The molecule has 0 aliphatic carbocycles. The number of hydrogen-bond acceptors (Lipinski definition) is 4. The van der Waals surface area contributed by atoms with E-state index in [1.54, 1.807) is 24.3 Å². The van der Waals surface area contributed by atoms with Crippen LogP contribution in [-0.2, 0) is 19.7 Å². The third kappa shape index (κ3) is 5.31. The molecule has 3 aliphatic rings. The van der Waals surface area contributed by atoms with Gasteiger partial charge in [-0.1, -0.05) is 62.2 Å². The molecule has 3 N–H and O–H groups in total. The Bertz CT molecular complexity index is 1260. The minimum Gasteiger partial charge on any atom is -0.381 e. The van der Waals surface area contributed by atoms with Crippen LogP contribution in [0.25, 0.3) is 0 Å². The Labute approximate surface area is 239 Å². The fourth-order valence-corrected chi connectivity index (χ4v) is 7.05. The molecule has 1 spiro atoms. The molecule has 0 unspecified atom stereocenters. The number of halogens is 3. The molecular weight excluding hydrogens is 540 g/mol. The molecule has 210 valence electrons. The molecule has 2 aromatic carbocycles. The molecule has 6 nitrogen and oxygen atoms in total. The van der Waals surface area contributed by atoms with Crippen molar-refractivity contribution in [2.45, 2.75) is 69.9 Å². The van der Waals surface area contributed by atoms with Crippen molar-refractivity contribution in [3.8, 4) is 0 Å². The quantitative estimate of drug-likeness (QED) is 0.405. The molecule has 2 amide bonds. The molecule has 4 atom stereocenters. The van der Waals surface area contributed by atoms with Crippen LogP contribution in [-0.4, -0.2) is 43.7 Å². The van der Waals surface area contributed by atoms with E-state index in [2.05, 4.69) is 36.7 Å². The van der Waals surface area contributed by atoms with Crippen LogP contribution in [0.1, 0.15) is 63.5 Å². The van der Waals surface area contributed by atoms with Crippen molar-refractivity contribution in [3.63, 3.8) is 0 Å². The first-order chi connectivity index (χ1) is 18.5. The highest BCUT2D eigenvalue weighted by atomic mass is 35.5. The lowest BCUT2D eigenvalue weighted by Crippen LogP contribution is -2.49. The third-order valence-electron chi connectivity index (χ3n) is 8.41. The second kappa shape index (κ2) is 11.0. The van der Waals surface area contributed by atoms with Gasteiger partial charge in [-0.2, -0.15) is 0 Å². The van der Waals surface area contributed by atoms with Gasteiger partial charge in [0.05, 0.1) is 11.1 Å². The van der Waals surface area contributed by atoms with Crippen molar-refractivity contribution < 1.29 is 18.7 Å². The van der Waals surface area contributed by atoms with E-state index in [-0.39, 0.29) is 27.8 Å². The Balaban J connectivity index is 1.59. The fourth-order valence-electron chi connectivity index (χ4n) is 6.70. The van der Waals surface area contributed by atoms with E-state index in [9.17, 15) is 9.59 Å². The van der Waals surface area contributed by atoms with Crippen molar-refractivity contribution in [1.82, 2.24) is 10.6 Å². The standard InChI is InChI=1S/C30H36Cl2FN3O3/c1-29(2,3)16-23-30(20-8-7-18(31)15-22(20)35-28(30)38)24(19-5-4-6-21(32)25(19)33)26(36-23)27(37)34-12-9-17-10-13-39-14-11-17/h4-8,15,17,23-24,26,36H,9-14,16H2,1-3H3,(H,34,37)(H,35,38)/t23-,24+,26-,30+/m1/s1. The predicted octanol–water partition coefficient (Wildman–Crippen LogP) is 5.82. The number of nitrogens with one attached hydrogen (secondary N) is 3. The number of carbonyl (C=O) groups excluding carboxylic acids is 2. The zero-order valence-corrected chi connectivity index (χ0v) is 24.1. The van der Waals surface area contributed by atoms with E-state index < -0.39 is 29.2 Å². The first-order valence-electron chi connectivity index (χ1n) is 13.7. The van der Waals surface area contributed by atoms with E-state index in [0.717, 1.165) is 32.5 Å². The number of rotatable bonds is 6. The number of anilines is 1. The van der Waals surface area contributed by atoms with Crippen LogP contribution in [0.15, 0.2) is 36.4 Å². The van der Waals surface area contributed by atoms with Gasteiger partial charge >= 0.3 is 0 Å². The SMILES string of the molecule is CC(C)(C)C[C@H]1N[C@@H](C(=O)NCCC2CCOCC2)[C@H](c2cccc(Cl)c2F)[C@@]12C(=O)Nc1cc(Cl)ccc12. The minimum absolute atomic E-state index is 0.0460. The summed E-state index contributed by atoms with van der Waals surface area (Å²) in [5.41, 5.74) is 0.101. The number of amides is 2. The Kier molecular flexibility index (Phi) is 7.99. The summed E-state index contributed by atoms with van der Waals surface area (Å²) in [5.74, 6) is -1.49. The Morgan fingerprint density at radius 1 is 1.18 bits per heavy atom. The van der Waals surface area contributed by atoms with Crippen molar-refractivity contribution in [1.29, 1.82) is 0 Å². The zero-order valence-electron chi connectivity index (χ0n) is 22.6. The molecular formula is C30H36Cl2FN3O3. The second-order valence-electron chi connectivity index (χ2n) is 12.2. The molecule has 5 rings (SSSR count). The van der Waals surface area contributed by atoms with Gasteiger partial charge in [-0.05, 0) is 66.3 Å². The summed E-state index contributed by atoms with van der Waals surface area (Å²) >= 11 is 12.6. The summed E-state index contributed by atoms with van der Waals surface area (Å²) in [6.07, 6.45) is 3.37. The maximum absolute atomic E-state index is 15.8. The maximum Gasteiger partial charge on any atom is 0.237 e. The van der Waals surface area contributed by atoms with Gasteiger partial charge in [0.2, 0.25) is 11.8 Å². The van der Waals surface area contributed by atoms with Crippen LogP contribution < -0.4 is 16.0 Å². The number of carbonyl (C=O) groups is 2. The van der Waals surface area contributed by atoms with E-state index >= 15 is 4.39 Å². The lowest BCUT2D eigenvalue weighted by atomic mass is 9.62. The van der Waals surface area contributed by atoms with Crippen LogP contribution in [0.5, 0.6) is 0 Å². The van der Waals surface area contributed by atoms with Gasteiger partial charge < -0.3 is 20.7 Å². The van der Waals surface area contributed by atoms with Crippen molar-refractivity contribution in [2.24, 2.45) is 11.3 Å². The zero-order chi connectivity index (χ0) is 27.9. The van der Waals surface area contributed by atoms with Crippen LogP contribution in [0, 0.1) is 17.2 Å². The molecule has 3 heterocycles. The number of hydrogen-bond donors (Lipinski definition) is 3. The highest BCUT2D eigenvalue weighted by molar-refractivity contribution is 6.31. The molecule has 0 bridgehead atoms. The molecule has 2 aromatic rings. The average Bonchev–Trinajstić information content (AvgIpc) is 3.35. The van der Waals surface area contributed by atoms with Crippen LogP contribution in [0.2, 0.25) is 10.0 Å². The third-order valence-corrected chi connectivity index (χ3v) is 8.94. The highest BCUT2D eigenvalue weighted by Gasteiger charge is 2.66. The molecule has 39 heavy (non-hydrogen) atoms. The van der Waals surface area contributed by atoms with Crippen molar-refractivity contribution >= 4 is 40.7 Å². The summed E-state index contributed by atoms with van der Waals surface area (Å²) < 4.78 is 21.3. The second-order valence-corrected chi connectivity index (χ2v) is 13.1. The molecule has 3 aliphatic heterocycles. The Morgan fingerprint density at radius 2 is 1.92 bits per heavy atom. The lowest BCUT2D eigenvalue weighted by molar-refractivity contribution is -0.123. The Morgan fingerprint density at radius 3 is 2.64 bits per heavy atom. The van der Waals surface area contributed by atoms with Crippen LogP contribution >= 0.6 is 23.2 Å². The van der Waals surface area contributed by atoms with Crippen molar-refractivity contribution in [2.75, 3.05) is 25.1 Å².